The molecule has 1 amide bonds. The lowest BCUT2D eigenvalue weighted by Crippen LogP contribution is -2.23. The van der Waals surface area contributed by atoms with E-state index in [0.717, 1.165) is 6.07 Å². The molecule has 3 rings (SSSR count). The van der Waals surface area contributed by atoms with E-state index >= 15 is 0 Å². The Balaban J connectivity index is 1.78. The van der Waals surface area contributed by atoms with Crippen LogP contribution in [-0.2, 0) is 9.53 Å². The van der Waals surface area contributed by atoms with E-state index in [1.165, 1.54) is 24.3 Å². The van der Waals surface area contributed by atoms with Crippen LogP contribution in [0.2, 0.25) is 0 Å². The van der Waals surface area contributed by atoms with Crippen molar-refractivity contribution >= 4 is 29.1 Å². The van der Waals surface area contributed by atoms with Crippen molar-refractivity contribution in [3.8, 4) is 0 Å². The van der Waals surface area contributed by atoms with Crippen molar-refractivity contribution in [1.82, 2.24) is 0 Å². The van der Waals surface area contributed by atoms with Crippen LogP contribution in [0.1, 0.15) is 17.5 Å². The second-order valence-electron chi connectivity index (χ2n) is 6.27. The van der Waals surface area contributed by atoms with Gasteiger partial charge in [-0.1, -0.05) is 18.2 Å². The van der Waals surface area contributed by atoms with Crippen LogP contribution in [0.5, 0.6) is 0 Å². The van der Waals surface area contributed by atoms with Gasteiger partial charge in [0, 0.05) is 17.9 Å². The molecular formula is C20H19F2N3O2. The minimum Gasteiger partial charge on any atom is -0.398 e. The molecule has 1 fully saturated rings. The lowest BCUT2D eigenvalue weighted by atomic mass is 10.0. The first-order chi connectivity index (χ1) is 12.9. The average Bonchev–Trinajstić information content (AvgIpc) is 3.18. The van der Waals surface area contributed by atoms with Gasteiger partial charge in [0.2, 0.25) is 5.91 Å². The summed E-state index contributed by atoms with van der Waals surface area (Å²) >= 11 is 0. The third kappa shape index (κ3) is 4.57. The number of ether oxygens (including phenoxy) is 1. The fourth-order valence-electron chi connectivity index (χ4n) is 2.74. The molecule has 1 atom stereocenters. The highest BCUT2D eigenvalue weighted by molar-refractivity contribution is 6.12. The van der Waals surface area contributed by atoms with Crippen LogP contribution >= 0.6 is 0 Å². The molecule has 0 radical (unpaired) electrons. The number of nitrogens with two attached hydrogens (primary N) is 1. The number of benzene rings is 2. The Kier molecular flexibility index (Phi) is 5.61. The van der Waals surface area contributed by atoms with E-state index in [4.69, 9.17) is 15.9 Å². The van der Waals surface area contributed by atoms with Crippen molar-refractivity contribution in [3.05, 3.63) is 65.2 Å². The second-order valence-corrected chi connectivity index (χ2v) is 6.27. The maximum atomic E-state index is 14.2. The molecule has 1 aliphatic rings. The number of carbonyl (C=O) groups excluding carboxylic acids is 1. The van der Waals surface area contributed by atoms with Gasteiger partial charge >= 0.3 is 0 Å². The summed E-state index contributed by atoms with van der Waals surface area (Å²) in [5, 5.41) is 10.7. The van der Waals surface area contributed by atoms with Crippen LogP contribution in [0.25, 0.3) is 6.08 Å². The number of hydrogen-bond donors (Lipinski definition) is 3. The summed E-state index contributed by atoms with van der Waals surface area (Å²) in [4.78, 5) is 12.2. The van der Waals surface area contributed by atoms with Crippen molar-refractivity contribution < 1.29 is 18.3 Å². The summed E-state index contributed by atoms with van der Waals surface area (Å²) in [5.74, 6) is -1.66. The average molecular weight is 371 g/mol. The van der Waals surface area contributed by atoms with Gasteiger partial charge in [-0.15, -0.1) is 0 Å². The number of amides is 1. The number of rotatable bonds is 5. The van der Waals surface area contributed by atoms with Gasteiger partial charge in [-0.3, -0.25) is 4.79 Å². The number of nitrogen functional groups attached to an aromatic ring is 1. The molecule has 0 aromatic heterocycles. The molecule has 0 bridgehead atoms. The zero-order valence-electron chi connectivity index (χ0n) is 14.5. The molecule has 5 nitrogen and oxygen atoms in total. The Hall–Kier alpha value is -3.06. The van der Waals surface area contributed by atoms with Crippen molar-refractivity contribution in [2.75, 3.05) is 24.3 Å². The molecule has 27 heavy (non-hydrogen) atoms. The van der Waals surface area contributed by atoms with Gasteiger partial charge in [0.1, 0.15) is 11.6 Å². The predicted molar refractivity (Wildman–Crippen MR) is 101 cm³/mol. The van der Waals surface area contributed by atoms with Gasteiger partial charge in [-0.25, -0.2) is 8.78 Å². The van der Waals surface area contributed by atoms with E-state index in [2.05, 4.69) is 5.32 Å². The van der Waals surface area contributed by atoms with Crippen LogP contribution in [0.3, 0.4) is 0 Å². The summed E-state index contributed by atoms with van der Waals surface area (Å²) in [5.41, 5.74) is 6.92. The Bertz CT molecular complexity index is 889. The number of nitrogens with one attached hydrogen (secondary N) is 2. The first-order valence-corrected chi connectivity index (χ1v) is 8.44. The first-order valence-electron chi connectivity index (χ1n) is 8.44. The number of carbonyl (C=O) groups is 1. The molecule has 140 valence electrons. The largest absolute Gasteiger partial charge is 0.398 e. The Morgan fingerprint density at radius 2 is 2.00 bits per heavy atom. The van der Waals surface area contributed by atoms with Crippen LogP contribution < -0.4 is 11.1 Å². The van der Waals surface area contributed by atoms with E-state index in [1.54, 1.807) is 18.2 Å². The van der Waals surface area contributed by atoms with Crippen molar-refractivity contribution in [2.45, 2.75) is 6.42 Å². The number of anilines is 2. The van der Waals surface area contributed by atoms with E-state index in [-0.39, 0.29) is 40.3 Å². The number of hydrogen-bond acceptors (Lipinski definition) is 4. The fraction of sp³-hybridized carbons (Fsp3) is 0.200. The van der Waals surface area contributed by atoms with Gasteiger partial charge < -0.3 is 21.2 Å². The summed E-state index contributed by atoms with van der Waals surface area (Å²) in [6.45, 7) is 0.817. The molecule has 0 spiro atoms. The van der Waals surface area contributed by atoms with E-state index in [9.17, 15) is 13.6 Å². The fourth-order valence-corrected chi connectivity index (χ4v) is 2.74. The highest BCUT2D eigenvalue weighted by Gasteiger charge is 2.24. The molecule has 2 aromatic rings. The Morgan fingerprint density at radius 3 is 2.67 bits per heavy atom. The monoisotopic (exact) mass is 371 g/mol. The number of halogens is 2. The first kappa shape index (κ1) is 18.7. The number of allylic oxidation sites excluding steroid dienone is 1. The summed E-state index contributed by atoms with van der Waals surface area (Å²) in [6.07, 6.45) is 3.69. The third-order valence-corrected chi connectivity index (χ3v) is 4.30. The lowest BCUT2D eigenvalue weighted by molar-refractivity contribution is -0.119. The summed E-state index contributed by atoms with van der Waals surface area (Å²) in [7, 11) is 0. The standard InChI is InChI=1S/C20H19F2N3O2/c21-14-4-1-12(2-5-14)3-6-17(23)15-9-19(16(22)10-18(15)24)25-20(26)13-7-8-27-11-13/h1-6,9-10,13,23H,7-8,11,24H2,(H,25,26)/b6-3+,23-17?. The van der Waals surface area contributed by atoms with Gasteiger partial charge in [-0.2, -0.15) is 0 Å². The van der Waals surface area contributed by atoms with Crippen molar-refractivity contribution in [1.29, 1.82) is 5.41 Å². The third-order valence-electron chi connectivity index (χ3n) is 4.30. The molecule has 0 saturated carbocycles. The highest BCUT2D eigenvalue weighted by atomic mass is 19.1. The molecule has 1 unspecified atom stereocenters. The lowest BCUT2D eigenvalue weighted by Gasteiger charge is -2.13. The van der Waals surface area contributed by atoms with Crippen LogP contribution in [0, 0.1) is 23.0 Å². The normalized spacial score (nSPS) is 16.6. The van der Waals surface area contributed by atoms with Gasteiger partial charge in [0.05, 0.1) is 23.9 Å². The second kappa shape index (κ2) is 8.09. The summed E-state index contributed by atoms with van der Waals surface area (Å²) in [6, 6.07) is 8.20. The molecule has 2 aromatic carbocycles. The SMILES string of the molecule is N=C(/C=C/c1ccc(F)cc1)c1cc(NC(=O)C2CCOC2)c(F)cc1N. The maximum Gasteiger partial charge on any atom is 0.229 e. The highest BCUT2D eigenvalue weighted by Crippen LogP contribution is 2.25. The molecule has 1 saturated heterocycles. The Labute approximate surface area is 155 Å². The van der Waals surface area contributed by atoms with Crippen LogP contribution in [0.4, 0.5) is 20.2 Å². The zero-order chi connectivity index (χ0) is 19.4. The van der Waals surface area contributed by atoms with E-state index in [0.29, 0.717) is 25.2 Å². The van der Waals surface area contributed by atoms with Gasteiger partial charge in [-0.05, 0) is 42.3 Å². The molecule has 1 aliphatic heterocycles. The maximum absolute atomic E-state index is 14.2. The minimum atomic E-state index is -0.668. The molecular weight excluding hydrogens is 352 g/mol. The quantitative estimate of drug-likeness (QED) is 0.554. The Morgan fingerprint density at radius 1 is 1.26 bits per heavy atom. The van der Waals surface area contributed by atoms with E-state index < -0.39 is 5.82 Å². The molecule has 7 heteroatoms. The molecule has 0 aliphatic carbocycles. The smallest absolute Gasteiger partial charge is 0.229 e. The summed E-state index contributed by atoms with van der Waals surface area (Å²) < 4.78 is 32.3. The van der Waals surface area contributed by atoms with Gasteiger partial charge in [0.25, 0.3) is 0 Å². The van der Waals surface area contributed by atoms with Crippen molar-refractivity contribution in [3.63, 3.8) is 0 Å². The topological polar surface area (TPSA) is 88.2 Å². The van der Waals surface area contributed by atoms with E-state index in [1.807, 2.05) is 0 Å². The molecule has 1 heterocycles. The predicted octanol–water partition coefficient (Wildman–Crippen LogP) is 3.60. The van der Waals surface area contributed by atoms with Crippen molar-refractivity contribution in [2.24, 2.45) is 5.92 Å². The van der Waals surface area contributed by atoms with Crippen LogP contribution in [0.15, 0.2) is 42.5 Å². The van der Waals surface area contributed by atoms with Crippen LogP contribution in [-0.4, -0.2) is 24.8 Å². The minimum absolute atomic E-state index is 0.0315. The molecule has 4 N–H and O–H groups in total. The zero-order valence-corrected chi connectivity index (χ0v) is 14.5. The van der Waals surface area contributed by atoms with Gasteiger partial charge in [0.15, 0.2) is 0 Å².